The van der Waals surface area contributed by atoms with Crippen LogP contribution in [0.1, 0.15) is 32.1 Å². The second kappa shape index (κ2) is 2.54. The minimum absolute atomic E-state index is 0.430. The van der Waals surface area contributed by atoms with Gasteiger partial charge in [-0.3, -0.25) is 0 Å². The van der Waals surface area contributed by atoms with Crippen molar-refractivity contribution in [1.29, 1.82) is 0 Å². The van der Waals surface area contributed by atoms with Crippen molar-refractivity contribution in [3.63, 3.8) is 0 Å². The van der Waals surface area contributed by atoms with Crippen molar-refractivity contribution < 1.29 is 5.11 Å². The number of aliphatic hydroxyl groups is 1. The highest BCUT2D eigenvalue weighted by atomic mass is 16.3. The van der Waals surface area contributed by atoms with E-state index in [1.54, 1.807) is 0 Å². The van der Waals surface area contributed by atoms with Crippen LogP contribution >= 0.6 is 0 Å². The van der Waals surface area contributed by atoms with Gasteiger partial charge in [-0.2, -0.15) is 0 Å². The molecule has 0 spiro atoms. The summed E-state index contributed by atoms with van der Waals surface area (Å²) in [6.07, 6.45) is 6.87. The van der Waals surface area contributed by atoms with Gasteiger partial charge in [-0.15, -0.1) is 0 Å². The molecule has 0 aromatic carbocycles. The summed E-state index contributed by atoms with van der Waals surface area (Å²) in [5.74, 6) is 2.78. The van der Waals surface area contributed by atoms with Gasteiger partial charge in [-0.05, 0) is 49.9 Å². The average Bonchev–Trinajstić information content (AvgIpc) is 2.63. The van der Waals surface area contributed by atoms with Crippen molar-refractivity contribution in [3.05, 3.63) is 0 Å². The molecule has 2 rings (SSSR count). The first kappa shape index (κ1) is 6.66. The topological polar surface area (TPSA) is 20.2 Å². The lowest BCUT2D eigenvalue weighted by molar-refractivity contribution is 0.209. The third-order valence-electron chi connectivity index (χ3n) is 3.22. The van der Waals surface area contributed by atoms with Crippen LogP contribution in [0.25, 0.3) is 0 Å². The van der Waals surface area contributed by atoms with E-state index in [1.807, 2.05) is 0 Å². The van der Waals surface area contributed by atoms with E-state index in [9.17, 15) is 0 Å². The third kappa shape index (κ3) is 1.20. The van der Waals surface area contributed by atoms with Crippen LogP contribution in [0, 0.1) is 17.8 Å². The summed E-state index contributed by atoms with van der Waals surface area (Å²) >= 11 is 0. The van der Waals surface area contributed by atoms with Crippen molar-refractivity contribution >= 4 is 0 Å². The summed E-state index contributed by atoms with van der Waals surface area (Å²) in [6, 6.07) is 0. The number of aliphatic hydroxyl groups excluding tert-OH is 1. The first-order valence-corrected chi connectivity index (χ1v) is 4.51. The molecule has 0 saturated heterocycles. The Morgan fingerprint density at radius 3 is 2.10 bits per heavy atom. The molecule has 0 amide bonds. The first-order chi connectivity index (χ1) is 4.90. The Bertz CT molecular complexity index is 110. The fraction of sp³-hybridized carbons (Fsp3) is 1.00. The zero-order valence-electron chi connectivity index (χ0n) is 6.42. The van der Waals surface area contributed by atoms with E-state index in [2.05, 4.69) is 0 Å². The van der Waals surface area contributed by atoms with Gasteiger partial charge in [0.2, 0.25) is 0 Å². The molecule has 1 nitrogen and oxygen atoms in total. The second-order valence-corrected chi connectivity index (χ2v) is 3.96. The maximum absolute atomic E-state index is 8.92. The van der Waals surface area contributed by atoms with Crippen molar-refractivity contribution in [1.82, 2.24) is 0 Å². The molecule has 0 heterocycles. The zero-order chi connectivity index (χ0) is 6.97. The Morgan fingerprint density at radius 1 is 1.00 bits per heavy atom. The number of hydrogen-bond acceptors (Lipinski definition) is 1. The van der Waals surface area contributed by atoms with Crippen LogP contribution in [0.2, 0.25) is 0 Å². The van der Waals surface area contributed by atoms with Crippen LogP contribution in [0.3, 0.4) is 0 Å². The molecule has 2 aliphatic carbocycles. The van der Waals surface area contributed by atoms with E-state index in [-0.39, 0.29) is 0 Å². The van der Waals surface area contributed by atoms with Crippen LogP contribution in [-0.2, 0) is 0 Å². The minimum Gasteiger partial charge on any atom is -0.396 e. The highest BCUT2D eigenvalue weighted by molar-refractivity contribution is 4.89. The monoisotopic (exact) mass is 140 g/mol. The summed E-state index contributed by atoms with van der Waals surface area (Å²) in [4.78, 5) is 0. The Labute approximate surface area is 62.4 Å². The van der Waals surface area contributed by atoms with Gasteiger partial charge < -0.3 is 5.11 Å². The van der Waals surface area contributed by atoms with E-state index in [0.29, 0.717) is 12.5 Å². The molecule has 2 fully saturated rings. The molecule has 0 aliphatic heterocycles. The molecule has 0 radical (unpaired) electrons. The largest absolute Gasteiger partial charge is 0.396 e. The number of hydrogen-bond donors (Lipinski definition) is 1. The molecule has 1 N–H and O–H groups in total. The molecular formula is C9H16O. The maximum Gasteiger partial charge on any atom is 0.0459 e. The maximum atomic E-state index is 8.92. The van der Waals surface area contributed by atoms with Crippen LogP contribution in [-0.4, -0.2) is 11.7 Å². The van der Waals surface area contributed by atoms with E-state index < -0.39 is 0 Å². The predicted octanol–water partition coefficient (Wildman–Crippen LogP) is 1.80. The SMILES string of the molecule is OCC1CCC2CC2CC1. The lowest BCUT2D eigenvalue weighted by Gasteiger charge is -2.09. The van der Waals surface area contributed by atoms with Crippen LogP contribution in [0.4, 0.5) is 0 Å². The van der Waals surface area contributed by atoms with Gasteiger partial charge in [0.05, 0.1) is 0 Å². The number of rotatable bonds is 1. The highest BCUT2D eigenvalue weighted by Gasteiger charge is 2.38. The smallest absolute Gasteiger partial charge is 0.0459 e. The highest BCUT2D eigenvalue weighted by Crippen LogP contribution is 2.48. The van der Waals surface area contributed by atoms with Gasteiger partial charge in [-0.25, -0.2) is 0 Å². The fourth-order valence-corrected chi connectivity index (χ4v) is 2.24. The summed E-state index contributed by atoms with van der Waals surface area (Å²) < 4.78 is 0. The average molecular weight is 140 g/mol. The van der Waals surface area contributed by atoms with Gasteiger partial charge in [0.15, 0.2) is 0 Å². The summed E-state index contributed by atoms with van der Waals surface area (Å²) in [5.41, 5.74) is 0. The molecule has 0 aromatic rings. The second-order valence-electron chi connectivity index (χ2n) is 3.96. The summed E-state index contributed by atoms with van der Waals surface area (Å²) in [7, 11) is 0. The standard InChI is InChI=1S/C9H16O/c10-6-7-1-3-8-5-9(8)4-2-7/h7-10H,1-6H2. The van der Waals surface area contributed by atoms with Crippen molar-refractivity contribution in [3.8, 4) is 0 Å². The molecule has 58 valence electrons. The molecule has 10 heavy (non-hydrogen) atoms. The van der Waals surface area contributed by atoms with Crippen molar-refractivity contribution in [2.24, 2.45) is 17.8 Å². The molecule has 0 aromatic heterocycles. The van der Waals surface area contributed by atoms with Crippen LogP contribution < -0.4 is 0 Å². The lowest BCUT2D eigenvalue weighted by Crippen LogP contribution is -2.04. The quantitative estimate of drug-likeness (QED) is 0.589. The molecule has 2 aliphatic rings. The van der Waals surface area contributed by atoms with Crippen molar-refractivity contribution in [2.45, 2.75) is 32.1 Å². The number of fused-ring (bicyclic) bond motifs is 1. The molecular weight excluding hydrogens is 124 g/mol. The molecule has 2 unspecified atom stereocenters. The minimum atomic E-state index is 0.430. The lowest BCUT2D eigenvalue weighted by atomic mass is 10.00. The Balaban J connectivity index is 1.84. The van der Waals surface area contributed by atoms with E-state index >= 15 is 0 Å². The van der Waals surface area contributed by atoms with Crippen molar-refractivity contribution in [2.75, 3.05) is 6.61 Å². The summed E-state index contributed by atoms with van der Waals surface area (Å²) in [6.45, 7) is 0.430. The zero-order valence-corrected chi connectivity index (χ0v) is 6.42. The third-order valence-corrected chi connectivity index (χ3v) is 3.22. The Kier molecular flexibility index (Phi) is 1.69. The van der Waals surface area contributed by atoms with Gasteiger partial charge in [0.25, 0.3) is 0 Å². The van der Waals surface area contributed by atoms with E-state index in [0.717, 1.165) is 11.8 Å². The van der Waals surface area contributed by atoms with E-state index in [1.165, 1.54) is 32.1 Å². The fourth-order valence-electron chi connectivity index (χ4n) is 2.24. The van der Waals surface area contributed by atoms with Gasteiger partial charge in [0.1, 0.15) is 0 Å². The van der Waals surface area contributed by atoms with Crippen LogP contribution in [0.5, 0.6) is 0 Å². The van der Waals surface area contributed by atoms with Crippen LogP contribution in [0.15, 0.2) is 0 Å². The summed E-state index contributed by atoms with van der Waals surface area (Å²) in [5, 5.41) is 8.92. The normalized spacial score (nSPS) is 45.9. The molecule has 2 saturated carbocycles. The van der Waals surface area contributed by atoms with Gasteiger partial charge in [-0.1, -0.05) is 0 Å². The Hall–Kier alpha value is -0.0400. The first-order valence-electron chi connectivity index (χ1n) is 4.51. The Morgan fingerprint density at radius 2 is 1.60 bits per heavy atom. The van der Waals surface area contributed by atoms with E-state index in [4.69, 9.17) is 5.11 Å². The molecule has 1 heteroatoms. The molecule has 2 atom stereocenters. The van der Waals surface area contributed by atoms with Gasteiger partial charge in [0, 0.05) is 6.61 Å². The predicted molar refractivity (Wildman–Crippen MR) is 40.6 cm³/mol. The molecule has 0 bridgehead atoms. The van der Waals surface area contributed by atoms with Gasteiger partial charge >= 0.3 is 0 Å².